The zero-order chi connectivity index (χ0) is 12.4. The third kappa shape index (κ3) is 3.24. The molecule has 2 rings (SSSR count). The summed E-state index contributed by atoms with van der Waals surface area (Å²) in [6, 6.07) is 3.16. The summed E-state index contributed by atoms with van der Waals surface area (Å²) in [5.41, 5.74) is 1.32. The third-order valence-electron chi connectivity index (χ3n) is 4.26. The van der Waals surface area contributed by atoms with E-state index in [0.29, 0.717) is 12.1 Å². The van der Waals surface area contributed by atoms with Crippen molar-refractivity contribution in [2.24, 2.45) is 11.8 Å². The summed E-state index contributed by atoms with van der Waals surface area (Å²) in [6.07, 6.45) is 4.06. The first-order valence-corrected chi connectivity index (χ1v) is 7.83. The molecule has 1 heterocycles. The molecule has 0 saturated heterocycles. The SMILES string of the molecule is CC(NC1CCCC(C)C1C)c1csc(Cl)c1. The van der Waals surface area contributed by atoms with Gasteiger partial charge in [-0.05, 0) is 42.2 Å². The van der Waals surface area contributed by atoms with Crippen LogP contribution in [0.3, 0.4) is 0 Å². The molecule has 1 aliphatic rings. The van der Waals surface area contributed by atoms with Gasteiger partial charge < -0.3 is 5.32 Å². The summed E-state index contributed by atoms with van der Waals surface area (Å²) < 4.78 is 0.888. The highest BCUT2D eigenvalue weighted by Gasteiger charge is 2.28. The molecule has 0 bridgehead atoms. The van der Waals surface area contributed by atoms with E-state index in [9.17, 15) is 0 Å². The maximum Gasteiger partial charge on any atom is 0.0931 e. The number of hydrogen-bond donors (Lipinski definition) is 1. The molecule has 1 fully saturated rings. The van der Waals surface area contributed by atoms with E-state index in [1.54, 1.807) is 11.3 Å². The van der Waals surface area contributed by atoms with Crippen LogP contribution in [-0.4, -0.2) is 6.04 Å². The largest absolute Gasteiger partial charge is 0.307 e. The van der Waals surface area contributed by atoms with Crippen molar-refractivity contribution in [2.45, 2.75) is 52.1 Å². The van der Waals surface area contributed by atoms with Gasteiger partial charge in [-0.25, -0.2) is 0 Å². The fraction of sp³-hybridized carbons (Fsp3) is 0.714. The van der Waals surface area contributed by atoms with E-state index < -0.39 is 0 Å². The number of hydrogen-bond acceptors (Lipinski definition) is 2. The Balaban J connectivity index is 1.96. The van der Waals surface area contributed by atoms with Crippen molar-refractivity contribution >= 4 is 22.9 Å². The van der Waals surface area contributed by atoms with Gasteiger partial charge in [0.05, 0.1) is 4.34 Å². The average Bonchev–Trinajstić information content (AvgIpc) is 2.72. The van der Waals surface area contributed by atoms with Crippen molar-refractivity contribution in [1.29, 1.82) is 0 Å². The van der Waals surface area contributed by atoms with Crippen molar-refractivity contribution < 1.29 is 0 Å². The molecule has 1 nitrogen and oxygen atoms in total. The van der Waals surface area contributed by atoms with E-state index >= 15 is 0 Å². The van der Waals surface area contributed by atoms with Crippen molar-refractivity contribution in [3.05, 3.63) is 21.3 Å². The van der Waals surface area contributed by atoms with E-state index in [1.807, 2.05) is 0 Å². The fourth-order valence-corrected chi connectivity index (χ4v) is 3.77. The highest BCUT2D eigenvalue weighted by Crippen LogP contribution is 2.32. The maximum atomic E-state index is 5.99. The van der Waals surface area contributed by atoms with Gasteiger partial charge in [0.15, 0.2) is 0 Å². The predicted octanol–water partition coefficient (Wildman–Crippen LogP) is 4.88. The maximum absolute atomic E-state index is 5.99. The van der Waals surface area contributed by atoms with Crippen molar-refractivity contribution in [3.63, 3.8) is 0 Å². The minimum atomic E-state index is 0.413. The molecule has 4 unspecified atom stereocenters. The molecule has 3 heteroatoms. The monoisotopic (exact) mass is 271 g/mol. The van der Waals surface area contributed by atoms with E-state index in [-0.39, 0.29) is 0 Å². The Morgan fingerprint density at radius 1 is 1.41 bits per heavy atom. The Hall–Kier alpha value is -0.0500. The number of nitrogens with one attached hydrogen (secondary N) is 1. The number of halogens is 1. The number of rotatable bonds is 3. The minimum absolute atomic E-state index is 0.413. The molecule has 1 saturated carbocycles. The molecule has 1 N–H and O–H groups in total. The smallest absolute Gasteiger partial charge is 0.0931 e. The van der Waals surface area contributed by atoms with Gasteiger partial charge in [-0.15, -0.1) is 11.3 Å². The normalized spacial score (nSPS) is 31.4. The summed E-state index contributed by atoms with van der Waals surface area (Å²) in [4.78, 5) is 0. The average molecular weight is 272 g/mol. The van der Waals surface area contributed by atoms with E-state index in [2.05, 4.69) is 37.5 Å². The minimum Gasteiger partial charge on any atom is -0.307 e. The third-order valence-corrected chi connectivity index (χ3v) is 5.37. The Morgan fingerprint density at radius 2 is 2.18 bits per heavy atom. The molecule has 96 valence electrons. The molecular formula is C14H22ClNS. The van der Waals surface area contributed by atoms with Crippen LogP contribution in [0.15, 0.2) is 11.4 Å². The van der Waals surface area contributed by atoms with Crippen LogP contribution in [0.5, 0.6) is 0 Å². The quantitative estimate of drug-likeness (QED) is 0.826. The summed E-state index contributed by atoms with van der Waals surface area (Å²) >= 11 is 7.61. The molecule has 0 radical (unpaired) electrons. The lowest BCUT2D eigenvalue weighted by Crippen LogP contribution is -2.41. The lowest BCUT2D eigenvalue weighted by Gasteiger charge is -2.36. The predicted molar refractivity (Wildman–Crippen MR) is 76.8 cm³/mol. The number of thiophene rings is 1. The standard InChI is InChI=1S/C14H22ClNS/c1-9-5-4-6-13(10(9)2)16-11(3)12-7-14(15)17-8-12/h7-11,13,16H,4-6H2,1-3H3. The van der Waals surface area contributed by atoms with Gasteiger partial charge in [0.25, 0.3) is 0 Å². The highest BCUT2D eigenvalue weighted by molar-refractivity contribution is 7.14. The topological polar surface area (TPSA) is 12.0 Å². The Morgan fingerprint density at radius 3 is 2.82 bits per heavy atom. The van der Waals surface area contributed by atoms with Crippen LogP contribution in [0.25, 0.3) is 0 Å². The highest BCUT2D eigenvalue weighted by atomic mass is 35.5. The van der Waals surface area contributed by atoms with Gasteiger partial charge in [0, 0.05) is 12.1 Å². The lowest BCUT2D eigenvalue weighted by molar-refractivity contribution is 0.196. The van der Waals surface area contributed by atoms with Crippen molar-refractivity contribution in [3.8, 4) is 0 Å². The summed E-state index contributed by atoms with van der Waals surface area (Å²) in [5, 5.41) is 5.94. The van der Waals surface area contributed by atoms with Crippen LogP contribution < -0.4 is 5.32 Å². The van der Waals surface area contributed by atoms with Crippen molar-refractivity contribution in [2.75, 3.05) is 0 Å². The van der Waals surface area contributed by atoms with Gasteiger partial charge in [0.2, 0.25) is 0 Å². The molecule has 4 atom stereocenters. The molecule has 1 aromatic rings. The Bertz CT molecular complexity index is 363. The molecule has 1 aliphatic carbocycles. The van der Waals surface area contributed by atoms with Crippen LogP contribution >= 0.6 is 22.9 Å². The molecule has 0 aliphatic heterocycles. The van der Waals surface area contributed by atoms with Crippen LogP contribution in [0.1, 0.15) is 51.6 Å². The van der Waals surface area contributed by atoms with Gasteiger partial charge in [-0.1, -0.05) is 38.3 Å². The fourth-order valence-electron chi connectivity index (χ4n) is 2.79. The first-order chi connectivity index (χ1) is 8.08. The van der Waals surface area contributed by atoms with Crippen LogP contribution in [-0.2, 0) is 0 Å². The molecule has 0 amide bonds. The van der Waals surface area contributed by atoms with Crippen LogP contribution in [0.2, 0.25) is 4.34 Å². The van der Waals surface area contributed by atoms with Crippen molar-refractivity contribution in [1.82, 2.24) is 5.32 Å². The van der Waals surface area contributed by atoms with Crippen LogP contribution in [0, 0.1) is 11.8 Å². The summed E-state index contributed by atoms with van der Waals surface area (Å²) in [5.74, 6) is 1.62. The molecular weight excluding hydrogens is 250 g/mol. The molecule has 1 aromatic heterocycles. The summed E-state index contributed by atoms with van der Waals surface area (Å²) in [7, 11) is 0. The first kappa shape index (κ1) is 13.4. The zero-order valence-electron chi connectivity index (χ0n) is 10.9. The summed E-state index contributed by atoms with van der Waals surface area (Å²) in [6.45, 7) is 7.00. The first-order valence-electron chi connectivity index (χ1n) is 6.58. The molecule has 17 heavy (non-hydrogen) atoms. The van der Waals surface area contributed by atoms with Gasteiger partial charge in [-0.3, -0.25) is 0 Å². The van der Waals surface area contributed by atoms with Crippen LogP contribution in [0.4, 0.5) is 0 Å². The lowest BCUT2D eigenvalue weighted by atomic mass is 9.78. The zero-order valence-corrected chi connectivity index (χ0v) is 12.4. The van der Waals surface area contributed by atoms with E-state index in [1.165, 1.54) is 24.8 Å². The van der Waals surface area contributed by atoms with Gasteiger partial charge in [-0.2, -0.15) is 0 Å². The van der Waals surface area contributed by atoms with E-state index in [0.717, 1.165) is 16.2 Å². The molecule has 0 aromatic carbocycles. The Kier molecular flexibility index (Phi) is 4.51. The second kappa shape index (κ2) is 5.73. The van der Waals surface area contributed by atoms with E-state index in [4.69, 9.17) is 11.6 Å². The van der Waals surface area contributed by atoms with Gasteiger partial charge >= 0.3 is 0 Å². The second-order valence-corrected chi connectivity index (χ2v) is 6.99. The second-order valence-electron chi connectivity index (χ2n) is 5.45. The Labute approximate surface area is 114 Å². The molecule has 0 spiro atoms. The van der Waals surface area contributed by atoms with Gasteiger partial charge in [0.1, 0.15) is 0 Å².